The molecular formula is C28H30ClFN4O2. The number of fused-ring (bicyclic) bond motifs is 1. The second kappa shape index (κ2) is 10.1. The number of hydrogen-bond donors (Lipinski definition) is 2. The lowest BCUT2D eigenvalue weighted by Gasteiger charge is -2.38. The number of nitrogens with zero attached hydrogens (tertiary/aromatic N) is 2. The second-order valence-corrected chi connectivity index (χ2v) is 9.79. The Morgan fingerprint density at radius 3 is 2.56 bits per heavy atom. The lowest BCUT2D eigenvalue weighted by atomic mass is 9.76. The minimum atomic E-state index is -0.400. The number of methoxy groups -OCH3 is 2. The van der Waals surface area contributed by atoms with E-state index in [1.807, 2.05) is 41.1 Å². The maximum Gasteiger partial charge on any atom is 0.150 e. The third-order valence-corrected chi connectivity index (χ3v) is 7.54. The summed E-state index contributed by atoms with van der Waals surface area (Å²) in [5.74, 6) is 0.871. The summed E-state index contributed by atoms with van der Waals surface area (Å²) in [5, 5.41) is 4.01. The van der Waals surface area contributed by atoms with Gasteiger partial charge in [-0.15, -0.1) is 0 Å². The van der Waals surface area contributed by atoms with Crippen LogP contribution in [0.1, 0.15) is 36.8 Å². The molecule has 0 amide bonds. The largest absolute Gasteiger partial charge is 0.495 e. The van der Waals surface area contributed by atoms with Crippen LogP contribution in [0.15, 0.2) is 60.9 Å². The Balaban J connectivity index is 1.31. The SMILES string of the molecule is COc1ccc(-c2cn3ccc(C4(N)CCC(NCc5ccc(F)cc5)CC4)cc3n2)c(OC)c1Cl. The number of benzene rings is 2. The molecule has 0 radical (unpaired) electrons. The van der Waals surface area contributed by atoms with E-state index < -0.39 is 5.54 Å². The van der Waals surface area contributed by atoms with Crippen molar-refractivity contribution in [2.24, 2.45) is 5.73 Å². The molecule has 6 nitrogen and oxygen atoms in total. The Kier molecular flexibility index (Phi) is 6.88. The Hall–Kier alpha value is -3.13. The summed E-state index contributed by atoms with van der Waals surface area (Å²) >= 11 is 6.46. The average molecular weight is 509 g/mol. The second-order valence-electron chi connectivity index (χ2n) is 9.41. The molecule has 0 saturated heterocycles. The zero-order valence-corrected chi connectivity index (χ0v) is 21.2. The van der Waals surface area contributed by atoms with Gasteiger partial charge in [0.2, 0.25) is 0 Å². The van der Waals surface area contributed by atoms with E-state index in [0.29, 0.717) is 22.6 Å². The van der Waals surface area contributed by atoms with Crippen molar-refractivity contribution < 1.29 is 13.9 Å². The lowest BCUT2D eigenvalue weighted by Crippen LogP contribution is -2.45. The summed E-state index contributed by atoms with van der Waals surface area (Å²) < 4.78 is 26.0. The molecule has 0 spiro atoms. The van der Waals surface area contributed by atoms with E-state index in [-0.39, 0.29) is 5.82 Å². The van der Waals surface area contributed by atoms with E-state index in [9.17, 15) is 4.39 Å². The molecule has 0 unspecified atom stereocenters. The fourth-order valence-corrected chi connectivity index (χ4v) is 5.33. The van der Waals surface area contributed by atoms with Crippen LogP contribution in [0, 0.1) is 5.82 Å². The molecule has 188 valence electrons. The summed E-state index contributed by atoms with van der Waals surface area (Å²) in [4.78, 5) is 4.85. The Labute approximate surface area is 215 Å². The molecule has 3 N–H and O–H groups in total. The topological polar surface area (TPSA) is 73.8 Å². The highest BCUT2D eigenvalue weighted by molar-refractivity contribution is 6.34. The van der Waals surface area contributed by atoms with Gasteiger partial charge >= 0.3 is 0 Å². The highest BCUT2D eigenvalue weighted by atomic mass is 35.5. The average Bonchev–Trinajstić information content (AvgIpc) is 3.32. The maximum atomic E-state index is 13.1. The van der Waals surface area contributed by atoms with Gasteiger partial charge in [-0.25, -0.2) is 9.37 Å². The smallest absolute Gasteiger partial charge is 0.150 e. The van der Waals surface area contributed by atoms with Gasteiger partial charge in [0.25, 0.3) is 0 Å². The van der Waals surface area contributed by atoms with E-state index >= 15 is 0 Å². The van der Waals surface area contributed by atoms with Crippen molar-refractivity contribution >= 4 is 17.2 Å². The molecule has 2 aromatic heterocycles. The van der Waals surface area contributed by atoms with Crippen LogP contribution in [0.4, 0.5) is 4.39 Å². The first-order chi connectivity index (χ1) is 17.4. The molecule has 8 heteroatoms. The van der Waals surface area contributed by atoms with E-state index in [1.165, 1.54) is 12.1 Å². The van der Waals surface area contributed by atoms with Crippen molar-refractivity contribution in [2.45, 2.75) is 43.8 Å². The highest BCUT2D eigenvalue weighted by Crippen LogP contribution is 2.42. The standard InChI is InChI=1S/C28H30ClFN4O2/c1-35-24-8-7-22(27(36-2)26(24)29)23-17-34-14-11-19(15-25(34)33-23)28(31)12-9-21(10-13-28)32-16-18-3-5-20(30)6-4-18/h3-8,11,14-15,17,21,32H,9-10,12-13,16,31H2,1-2H3. The van der Waals surface area contributed by atoms with Crippen LogP contribution < -0.4 is 20.5 Å². The lowest BCUT2D eigenvalue weighted by molar-refractivity contribution is 0.251. The molecule has 2 aromatic carbocycles. The number of nitrogens with one attached hydrogen (secondary N) is 1. The Morgan fingerprint density at radius 2 is 1.86 bits per heavy atom. The van der Waals surface area contributed by atoms with Gasteiger partial charge in [-0.3, -0.25) is 0 Å². The highest BCUT2D eigenvalue weighted by Gasteiger charge is 2.33. The molecule has 0 aliphatic heterocycles. The van der Waals surface area contributed by atoms with E-state index in [1.54, 1.807) is 14.2 Å². The molecule has 1 saturated carbocycles. The summed E-state index contributed by atoms with van der Waals surface area (Å²) in [6.07, 6.45) is 7.67. The summed E-state index contributed by atoms with van der Waals surface area (Å²) in [7, 11) is 3.16. The number of pyridine rings is 1. The van der Waals surface area contributed by atoms with Gasteiger partial charge in [0.05, 0.1) is 19.9 Å². The van der Waals surface area contributed by atoms with Crippen molar-refractivity contribution in [2.75, 3.05) is 14.2 Å². The minimum absolute atomic E-state index is 0.210. The van der Waals surface area contributed by atoms with E-state index in [4.69, 9.17) is 31.8 Å². The zero-order chi connectivity index (χ0) is 25.3. The third kappa shape index (κ3) is 4.78. The van der Waals surface area contributed by atoms with Gasteiger partial charge in [-0.05, 0) is 73.2 Å². The zero-order valence-electron chi connectivity index (χ0n) is 20.4. The third-order valence-electron chi connectivity index (χ3n) is 7.18. The van der Waals surface area contributed by atoms with Crippen LogP contribution in [0.5, 0.6) is 11.5 Å². The predicted molar refractivity (Wildman–Crippen MR) is 140 cm³/mol. The van der Waals surface area contributed by atoms with Crippen molar-refractivity contribution in [1.82, 2.24) is 14.7 Å². The predicted octanol–water partition coefficient (Wildman–Crippen LogP) is 5.70. The van der Waals surface area contributed by atoms with Gasteiger partial charge in [0.1, 0.15) is 22.2 Å². The first kappa shape index (κ1) is 24.6. The van der Waals surface area contributed by atoms with Gasteiger partial charge < -0.3 is 24.9 Å². The molecule has 2 heterocycles. The first-order valence-corrected chi connectivity index (χ1v) is 12.4. The normalized spacial score (nSPS) is 20.0. The summed E-state index contributed by atoms with van der Waals surface area (Å²) in [6.45, 7) is 0.726. The van der Waals surface area contributed by atoms with Crippen LogP contribution in [0.25, 0.3) is 16.9 Å². The van der Waals surface area contributed by atoms with Crippen molar-refractivity contribution in [1.29, 1.82) is 0 Å². The number of halogens is 2. The van der Waals surface area contributed by atoms with Crippen molar-refractivity contribution in [3.05, 3.63) is 82.9 Å². The summed E-state index contributed by atoms with van der Waals surface area (Å²) in [6, 6.07) is 14.9. The number of imidazole rings is 1. The first-order valence-electron chi connectivity index (χ1n) is 12.1. The molecule has 36 heavy (non-hydrogen) atoms. The van der Waals surface area contributed by atoms with Crippen LogP contribution in [0.3, 0.4) is 0 Å². The van der Waals surface area contributed by atoms with E-state index in [0.717, 1.165) is 60.3 Å². The monoisotopic (exact) mass is 508 g/mol. The number of aromatic nitrogens is 2. The molecule has 1 fully saturated rings. The molecule has 1 aliphatic rings. The van der Waals surface area contributed by atoms with Crippen LogP contribution >= 0.6 is 11.6 Å². The molecule has 0 bridgehead atoms. The maximum absolute atomic E-state index is 13.1. The number of ether oxygens (including phenoxy) is 2. The number of rotatable bonds is 7. The number of nitrogens with two attached hydrogens (primary N) is 1. The van der Waals surface area contributed by atoms with Gasteiger partial charge in [0.15, 0.2) is 5.75 Å². The van der Waals surface area contributed by atoms with Crippen molar-refractivity contribution in [3.63, 3.8) is 0 Å². The van der Waals surface area contributed by atoms with Gasteiger partial charge in [-0.1, -0.05) is 23.7 Å². The van der Waals surface area contributed by atoms with E-state index in [2.05, 4.69) is 17.4 Å². The van der Waals surface area contributed by atoms with Gasteiger partial charge in [-0.2, -0.15) is 0 Å². The summed E-state index contributed by atoms with van der Waals surface area (Å²) in [5.41, 5.74) is 11.1. The number of hydrogen-bond acceptors (Lipinski definition) is 5. The quantitative estimate of drug-likeness (QED) is 0.335. The van der Waals surface area contributed by atoms with Crippen LogP contribution in [0.2, 0.25) is 5.02 Å². The van der Waals surface area contributed by atoms with Gasteiger partial charge in [0, 0.05) is 36.1 Å². The van der Waals surface area contributed by atoms with Crippen molar-refractivity contribution in [3.8, 4) is 22.8 Å². The molecule has 5 rings (SSSR count). The Morgan fingerprint density at radius 1 is 1.11 bits per heavy atom. The molecule has 4 aromatic rings. The molecular weight excluding hydrogens is 479 g/mol. The minimum Gasteiger partial charge on any atom is -0.495 e. The van der Waals surface area contributed by atoms with Crippen LogP contribution in [-0.4, -0.2) is 29.6 Å². The fourth-order valence-electron chi connectivity index (χ4n) is 5.01. The molecule has 1 aliphatic carbocycles. The Bertz CT molecular complexity index is 1360. The fraction of sp³-hybridized carbons (Fsp3) is 0.321. The molecule has 0 atom stereocenters. The van der Waals surface area contributed by atoms with Crippen LogP contribution in [-0.2, 0) is 12.1 Å².